The molecule has 0 N–H and O–H groups in total. The molecule has 0 saturated carbocycles. The highest BCUT2D eigenvalue weighted by Gasteiger charge is 2.35. The molecule has 3 rings (SSSR count). The van der Waals surface area contributed by atoms with Gasteiger partial charge >= 0.3 is 0 Å². The van der Waals surface area contributed by atoms with Crippen LogP contribution in [0.4, 0.5) is 0 Å². The van der Waals surface area contributed by atoms with Crippen LogP contribution in [0.15, 0.2) is 54.6 Å². The number of carbonyl (C=O) groups is 2. The molecule has 1 aliphatic rings. The smallest absolute Gasteiger partial charge is 0.261 e. The first-order valence-corrected chi connectivity index (χ1v) is 10.6. The molecule has 5 heteroatoms. The zero-order valence-corrected chi connectivity index (χ0v) is 14.3. The van der Waals surface area contributed by atoms with Gasteiger partial charge in [0.05, 0.1) is 24.3 Å². The number of carbonyl (C=O) groups excluding carboxylic acids is 2. The van der Waals surface area contributed by atoms with Crippen molar-refractivity contribution in [3.8, 4) is 0 Å². The summed E-state index contributed by atoms with van der Waals surface area (Å²) in [5.41, 5.74) is 0.967. The Morgan fingerprint density at radius 1 is 0.870 bits per heavy atom. The number of nitrogens with zero attached hydrogens (tertiary/aromatic N) is 1. The summed E-state index contributed by atoms with van der Waals surface area (Å²) >= 11 is 0. The van der Waals surface area contributed by atoms with Crippen LogP contribution in [0.2, 0.25) is 13.1 Å². The lowest BCUT2D eigenvalue weighted by Gasteiger charge is -2.24. The van der Waals surface area contributed by atoms with Gasteiger partial charge in [0, 0.05) is 0 Å². The second-order valence-corrected chi connectivity index (χ2v) is 9.92. The second kappa shape index (κ2) is 6.10. The van der Waals surface area contributed by atoms with Crippen LogP contribution in [-0.4, -0.2) is 38.2 Å². The molecule has 118 valence electrons. The van der Waals surface area contributed by atoms with Crippen molar-refractivity contribution in [1.82, 2.24) is 4.90 Å². The number of hydrogen-bond acceptors (Lipinski definition) is 3. The van der Waals surface area contributed by atoms with Crippen molar-refractivity contribution in [2.75, 3.05) is 13.2 Å². The van der Waals surface area contributed by atoms with Gasteiger partial charge < -0.3 is 4.43 Å². The Morgan fingerprint density at radius 3 is 1.96 bits per heavy atom. The average molecular weight is 325 g/mol. The van der Waals surface area contributed by atoms with Crippen LogP contribution < -0.4 is 5.19 Å². The summed E-state index contributed by atoms with van der Waals surface area (Å²) in [4.78, 5) is 25.9. The van der Waals surface area contributed by atoms with Gasteiger partial charge in [-0.2, -0.15) is 0 Å². The van der Waals surface area contributed by atoms with Crippen LogP contribution in [0.25, 0.3) is 0 Å². The van der Waals surface area contributed by atoms with Gasteiger partial charge in [0.2, 0.25) is 8.32 Å². The molecule has 0 aliphatic carbocycles. The quantitative estimate of drug-likeness (QED) is 0.626. The minimum Gasteiger partial charge on any atom is -0.411 e. The highest BCUT2D eigenvalue weighted by molar-refractivity contribution is 6.84. The van der Waals surface area contributed by atoms with E-state index in [2.05, 4.69) is 25.2 Å². The van der Waals surface area contributed by atoms with Gasteiger partial charge in [-0.05, 0) is 30.4 Å². The Hall–Kier alpha value is -2.24. The molecule has 0 unspecified atom stereocenters. The minimum atomic E-state index is -2.02. The summed E-state index contributed by atoms with van der Waals surface area (Å²) in [6.45, 7) is 4.88. The van der Waals surface area contributed by atoms with Crippen molar-refractivity contribution in [1.29, 1.82) is 0 Å². The molecule has 0 atom stereocenters. The second-order valence-electron chi connectivity index (χ2n) is 6.03. The molecular formula is C18H19NO3Si. The Morgan fingerprint density at radius 2 is 1.39 bits per heavy atom. The SMILES string of the molecule is C[Si](C)(OCCN1C(=O)c2ccccc2C1=O)c1ccccc1. The first kappa shape index (κ1) is 15.6. The lowest BCUT2D eigenvalue weighted by Crippen LogP contribution is -2.46. The Kier molecular flexibility index (Phi) is 4.15. The maximum absolute atomic E-state index is 12.3. The topological polar surface area (TPSA) is 46.6 Å². The average Bonchev–Trinajstić information content (AvgIpc) is 2.81. The first-order chi connectivity index (χ1) is 11.0. The van der Waals surface area contributed by atoms with E-state index in [4.69, 9.17) is 4.43 Å². The van der Waals surface area contributed by atoms with E-state index in [9.17, 15) is 9.59 Å². The summed E-state index contributed by atoms with van der Waals surface area (Å²) in [7, 11) is -2.02. The minimum absolute atomic E-state index is 0.228. The molecule has 1 heterocycles. The van der Waals surface area contributed by atoms with E-state index in [-0.39, 0.29) is 18.4 Å². The number of amides is 2. The Bertz CT molecular complexity index is 708. The number of imide groups is 1. The third-order valence-corrected chi connectivity index (χ3v) is 6.77. The predicted octanol–water partition coefficient (Wildman–Crippen LogP) is 2.41. The zero-order valence-electron chi connectivity index (χ0n) is 13.3. The molecule has 2 aromatic rings. The lowest BCUT2D eigenvalue weighted by atomic mass is 10.1. The van der Waals surface area contributed by atoms with Gasteiger partial charge in [-0.3, -0.25) is 14.5 Å². The van der Waals surface area contributed by atoms with Crippen molar-refractivity contribution < 1.29 is 14.0 Å². The molecule has 0 aromatic heterocycles. The molecular weight excluding hydrogens is 306 g/mol. The van der Waals surface area contributed by atoms with E-state index < -0.39 is 8.32 Å². The molecule has 2 aromatic carbocycles. The standard InChI is InChI=1S/C18H19NO3Si/c1-23(2,14-8-4-3-5-9-14)22-13-12-19-17(20)15-10-6-7-11-16(15)18(19)21/h3-11H,12-13H2,1-2H3. The van der Waals surface area contributed by atoms with Crippen molar-refractivity contribution in [2.45, 2.75) is 13.1 Å². The van der Waals surface area contributed by atoms with Crippen molar-refractivity contribution in [3.63, 3.8) is 0 Å². The molecule has 23 heavy (non-hydrogen) atoms. The third-order valence-electron chi connectivity index (χ3n) is 4.12. The zero-order chi connectivity index (χ0) is 16.4. The fraction of sp³-hybridized carbons (Fsp3) is 0.222. The predicted molar refractivity (Wildman–Crippen MR) is 91.3 cm³/mol. The van der Waals surface area contributed by atoms with Gasteiger partial charge in [-0.15, -0.1) is 0 Å². The van der Waals surface area contributed by atoms with Gasteiger partial charge in [-0.1, -0.05) is 42.5 Å². The Labute approximate surface area is 136 Å². The third kappa shape index (κ3) is 2.98. The number of benzene rings is 2. The highest BCUT2D eigenvalue weighted by Crippen LogP contribution is 2.22. The number of fused-ring (bicyclic) bond motifs is 1. The van der Waals surface area contributed by atoms with Crippen LogP contribution in [0.5, 0.6) is 0 Å². The van der Waals surface area contributed by atoms with Crippen LogP contribution in [0.1, 0.15) is 20.7 Å². The number of rotatable bonds is 5. The molecule has 0 spiro atoms. The summed E-state index contributed by atoms with van der Waals surface area (Å²) < 4.78 is 6.07. The van der Waals surface area contributed by atoms with Crippen LogP contribution in [-0.2, 0) is 4.43 Å². The van der Waals surface area contributed by atoms with E-state index in [0.717, 1.165) is 0 Å². The van der Waals surface area contributed by atoms with Crippen molar-refractivity contribution in [3.05, 3.63) is 65.7 Å². The normalized spacial score (nSPS) is 14.3. The van der Waals surface area contributed by atoms with Crippen LogP contribution in [0, 0.1) is 0 Å². The molecule has 0 saturated heterocycles. The van der Waals surface area contributed by atoms with E-state index in [0.29, 0.717) is 17.7 Å². The lowest BCUT2D eigenvalue weighted by molar-refractivity contribution is 0.0629. The van der Waals surface area contributed by atoms with E-state index in [1.165, 1.54) is 10.1 Å². The van der Waals surface area contributed by atoms with Crippen molar-refractivity contribution in [2.24, 2.45) is 0 Å². The van der Waals surface area contributed by atoms with Crippen LogP contribution >= 0.6 is 0 Å². The maximum Gasteiger partial charge on any atom is 0.261 e. The van der Waals surface area contributed by atoms with Gasteiger partial charge in [0.1, 0.15) is 0 Å². The Balaban J connectivity index is 1.64. The summed E-state index contributed by atoms with van der Waals surface area (Å²) in [6.07, 6.45) is 0. The highest BCUT2D eigenvalue weighted by atomic mass is 28.4. The fourth-order valence-electron chi connectivity index (χ4n) is 2.76. The van der Waals surface area contributed by atoms with Gasteiger partial charge in [0.25, 0.3) is 11.8 Å². The van der Waals surface area contributed by atoms with E-state index in [1.54, 1.807) is 24.3 Å². The van der Waals surface area contributed by atoms with E-state index in [1.807, 2.05) is 18.2 Å². The summed E-state index contributed by atoms with van der Waals surface area (Å²) in [5.74, 6) is -0.457. The van der Waals surface area contributed by atoms with Crippen molar-refractivity contribution >= 4 is 25.3 Å². The molecule has 0 radical (unpaired) electrons. The largest absolute Gasteiger partial charge is 0.411 e. The molecule has 4 nitrogen and oxygen atoms in total. The first-order valence-electron chi connectivity index (χ1n) is 7.65. The summed E-state index contributed by atoms with van der Waals surface area (Å²) in [6, 6.07) is 17.0. The summed E-state index contributed by atoms with van der Waals surface area (Å²) in [5, 5.41) is 1.20. The molecule has 0 bridgehead atoms. The molecule has 1 aliphatic heterocycles. The maximum atomic E-state index is 12.3. The fourth-order valence-corrected chi connectivity index (χ4v) is 4.52. The monoisotopic (exact) mass is 325 g/mol. The van der Waals surface area contributed by atoms with Gasteiger partial charge in [-0.25, -0.2) is 0 Å². The van der Waals surface area contributed by atoms with Gasteiger partial charge in [0.15, 0.2) is 0 Å². The van der Waals surface area contributed by atoms with Crippen LogP contribution in [0.3, 0.4) is 0 Å². The van der Waals surface area contributed by atoms with E-state index >= 15 is 0 Å². The number of hydrogen-bond donors (Lipinski definition) is 0. The molecule has 2 amide bonds. The molecule has 0 fully saturated rings.